The zero-order chi connectivity index (χ0) is 24.5. The zero-order valence-corrected chi connectivity index (χ0v) is 19.5. The third kappa shape index (κ3) is 3.99. The van der Waals surface area contributed by atoms with Gasteiger partial charge in [0, 0.05) is 11.3 Å². The van der Waals surface area contributed by atoms with E-state index in [1.807, 2.05) is 37.3 Å². The second-order valence-electron chi connectivity index (χ2n) is 8.32. The molecule has 5 rings (SSSR count). The monoisotopic (exact) mass is 471 g/mol. The SMILES string of the molecule is CCc1ccc(N2C(=O)C(=O)/C(=C(\O)c3ccc4c(c3)OCCO4)C2c2cccc(OC)c2)cc1. The van der Waals surface area contributed by atoms with Crippen molar-refractivity contribution in [3.05, 3.63) is 89.0 Å². The van der Waals surface area contributed by atoms with Crippen molar-refractivity contribution < 1.29 is 28.9 Å². The number of benzene rings is 3. The fourth-order valence-corrected chi connectivity index (χ4v) is 4.46. The number of aliphatic hydroxyl groups is 1. The van der Waals surface area contributed by atoms with Crippen molar-refractivity contribution in [3.63, 3.8) is 0 Å². The summed E-state index contributed by atoms with van der Waals surface area (Å²) >= 11 is 0. The number of anilines is 1. The standard InChI is InChI=1S/C28H25NO6/c1-3-17-7-10-20(11-8-17)29-25(18-5-4-6-21(15-18)33-2)24(27(31)28(29)32)26(30)19-9-12-22-23(16-19)35-14-13-34-22/h4-12,15-16,25,30H,3,13-14H2,1-2H3/b26-24-. The Labute approximate surface area is 203 Å². The highest BCUT2D eigenvalue weighted by Gasteiger charge is 2.47. The Morgan fingerprint density at radius 2 is 1.74 bits per heavy atom. The molecule has 35 heavy (non-hydrogen) atoms. The van der Waals surface area contributed by atoms with Gasteiger partial charge in [-0.2, -0.15) is 0 Å². The lowest BCUT2D eigenvalue weighted by Gasteiger charge is -2.26. The summed E-state index contributed by atoms with van der Waals surface area (Å²) in [6, 6.07) is 18.8. The minimum atomic E-state index is -0.842. The maximum Gasteiger partial charge on any atom is 0.300 e. The van der Waals surface area contributed by atoms with Crippen molar-refractivity contribution in [1.29, 1.82) is 0 Å². The zero-order valence-electron chi connectivity index (χ0n) is 19.5. The van der Waals surface area contributed by atoms with Gasteiger partial charge in [0.15, 0.2) is 11.5 Å². The number of carbonyl (C=O) groups is 2. The highest BCUT2D eigenvalue weighted by atomic mass is 16.6. The van der Waals surface area contributed by atoms with Crippen molar-refractivity contribution in [2.24, 2.45) is 0 Å². The quantitative estimate of drug-likeness (QED) is 0.331. The molecule has 3 aromatic rings. The second-order valence-corrected chi connectivity index (χ2v) is 8.32. The maximum atomic E-state index is 13.4. The molecule has 2 heterocycles. The van der Waals surface area contributed by atoms with Crippen molar-refractivity contribution >= 4 is 23.1 Å². The average Bonchev–Trinajstić information content (AvgIpc) is 3.18. The maximum absolute atomic E-state index is 13.4. The van der Waals surface area contributed by atoms with E-state index in [1.165, 1.54) is 4.90 Å². The number of aliphatic hydroxyl groups excluding tert-OH is 1. The molecule has 1 fully saturated rings. The van der Waals surface area contributed by atoms with Crippen LogP contribution >= 0.6 is 0 Å². The van der Waals surface area contributed by atoms with Crippen LogP contribution < -0.4 is 19.1 Å². The highest BCUT2D eigenvalue weighted by molar-refractivity contribution is 6.51. The number of fused-ring (bicyclic) bond motifs is 1. The molecule has 1 unspecified atom stereocenters. The first-order chi connectivity index (χ1) is 17.0. The topological polar surface area (TPSA) is 85.3 Å². The normalized spacial score (nSPS) is 18.6. The van der Waals surface area contributed by atoms with Crippen LogP contribution in [0.15, 0.2) is 72.3 Å². The van der Waals surface area contributed by atoms with Gasteiger partial charge in [0.05, 0.1) is 18.7 Å². The van der Waals surface area contributed by atoms with E-state index >= 15 is 0 Å². The molecule has 2 aliphatic heterocycles. The summed E-state index contributed by atoms with van der Waals surface area (Å²) in [5, 5.41) is 11.4. The van der Waals surface area contributed by atoms with E-state index in [2.05, 4.69) is 0 Å². The number of hydrogen-bond donors (Lipinski definition) is 1. The van der Waals surface area contributed by atoms with Gasteiger partial charge in [0.1, 0.15) is 24.7 Å². The molecule has 1 atom stereocenters. The van der Waals surface area contributed by atoms with Gasteiger partial charge in [-0.15, -0.1) is 0 Å². The minimum absolute atomic E-state index is 0.000464. The van der Waals surface area contributed by atoms with Crippen LogP contribution in [0, 0.1) is 0 Å². The van der Waals surface area contributed by atoms with Gasteiger partial charge in [0.25, 0.3) is 11.7 Å². The second kappa shape index (κ2) is 9.18. The van der Waals surface area contributed by atoms with Gasteiger partial charge in [-0.25, -0.2) is 0 Å². The molecule has 0 radical (unpaired) electrons. The fourth-order valence-electron chi connectivity index (χ4n) is 4.46. The third-order valence-electron chi connectivity index (χ3n) is 6.29. The Morgan fingerprint density at radius 3 is 2.46 bits per heavy atom. The largest absolute Gasteiger partial charge is 0.507 e. The van der Waals surface area contributed by atoms with E-state index in [4.69, 9.17) is 14.2 Å². The number of hydrogen-bond acceptors (Lipinski definition) is 6. The van der Waals surface area contributed by atoms with Gasteiger partial charge >= 0.3 is 0 Å². The first-order valence-electron chi connectivity index (χ1n) is 11.5. The van der Waals surface area contributed by atoms with Gasteiger partial charge in [-0.1, -0.05) is 31.2 Å². The Morgan fingerprint density at radius 1 is 1.00 bits per heavy atom. The molecule has 3 aromatic carbocycles. The van der Waals surface area contributed by atoms with Crippen LogP contribution in [0.1, 0.15) is 29.7 Å². The number of ether oxygens (including phenoxy) is 3. The van der Waals surface area contributed by atoms with Gasteiger partial charge in [0.2, 0.25) is 0 Å². The van der Waals surface area contributed by atoms with Crippen molar-refractivity contribution in [3.8, 4) is 17.2 Å². The summed E-state index contributed by atoms with van der Waals surface area (Å²) in [5.74, 6) is -0.128. The number of ketones is 1. The van der Waals surface area contributed by atoms with E-state index in [9.17, 15) is 14.7 Å². The Bertz CT molecular complexity index is 1330. The average molecular weight is 472 g/mol. The molecular formula is C28H25NO6. The van der Waals surface area contributed by atoms with E-state index in [1.54, 1.807) is 43.5 Å². The predicted molar refractivity (Wildman–Crippen MR) is 131 cm³/mol. The number of carbonyl (C=O) groups excluding carboxylic acids is 2. The molecule has 2 aliphatic rings. The van der Waals surface area contributed by atoms with Crippen molar-refractivity contribution in [1.82, 2.24) is 0 Å². The van der Waals surface area contributed by atoms with Crippen LogP contribution in [0.3, 0.4) is 0 Å². The van der Waals surface area contributed by atoms with Crippen molar-refractivity contribution in [2.75, 3.05) is 25.2 Å². The molecule has 7 nitrogen and oxygen atoms in total. The lowest BCUT2D eigenvalue weighted by Crippen LogP contribution is -2.29. The van der Waals surface area contributed by atoms with Crippen LogP contribution in [0.5, 0.6) is 17.2 Å². The summed E-state index contributed by atoms with van der Waals surface area (Å²) in [5.41, 5.74) is 2.68. The molecule has 0 aliphatic carbocycles. The first-order valence-corrected chi connectivity index (χ1v) is 11.5. The number of amides is 1. The molecule has 0 bridgehead atoms. The van der Waals surface area contributed by atoms with Crippen LogP contribution in [0.25, 0.3) is 5.76 Å². The number of nitrogens with zero attached hydrogens (tertiary/aromatic N) is 1. The van der Waals surface area contributed by atoms with Gasteiger partial charge in [-0.05, 0) is 60.0 Å². The number of methoxy groups -OCH3 is 1. The van der Waals surface area contributed by atoms with Gasteiger partial charge in [-0.3, -0.25) is 14.5 Å². The van der Waals surface area contributed by atoms with E-state index in [0.717, 1.165) is 12.0 Å². The predicted octanol–water partition coefficient (Wildman–Crippen LogP) is 4.66. The molecule has 0 spiro atoms. The van der Waals surface area contributed by atoms with Crippen molar-refractivity contribution in [2.45, 2.75) is 19.4 Å². The van der Waals surface area contributed by atoms with Crippen LogP contribution in [0.4, 0.5) is 5.69 Å². The first kappa shape index (κ1) is 22.5. The smallest absolute Gasteiger partial charge is 0.300 e. The molecule has 0 aromatic heterocycles. The number of aryl methyl sites for hydroxylation is 1. The lowest BCUT2D eigenvalue weighted by molar-refractivity contribution is -0.132. The van der Waals surface area contributed by atoms with Crippen LogP contribution in [0.2, 0.25) is 0 Å². The summed E-state index contributed by atoms with van der Waals surface area (Å²) in [6.07, 6.45) is 0.850. The third-order valence-corrected chi connectivity index (χ3v) is 6.29. The lowest BCUT2D eigenvalue weighted by atomic mass is 9.94. The summed E-state index contributed by atoms with van der Waals surface area (Å²) in [6.45, 7) is 2.88. The molecule has 1 saturated heterocycles. The van der Waals surface area contributed by atoms with Crippen LogP contribution in [-0.2, 0) is 16.0 Å². The Balaban J connectivity index is 1.68. The fraction of sp³-hybridized carbons (Fsp3) is 0.214. The summed E-state index contributed by atoms with van der Waals surface area (Å²) < 4.78 is 16.6. The van der Waals surface area contributed by atoms with E-state index in [0.29, 0.717) is 47.3 Å². The minimum Gasteiger partial charge on any atom is -0.507 e. The molecule has 0 saturated carbocycles. The molecule has 7 heteroatoms. The van der Waals surface area contributed by atoms with Crippen LogP contribution in [-0.4, -0.2) is 37.1 Å². The Kier molecular flexibility index (Phi) is 5.91. The van der Waals surface area contributed by atoms with E-state index in [-0.39, 0.29) is 11.3 Å². The number of rotatable bonds is 5. The van der Waals surface area contributed by atoms with E-state index < -0.39 is 17.7 Å². The highest BCUT2D eigenvalue weighted by Crippen LogP contribution is 2.43. The molecule has 1 N–H and O–H groups in total. The molecule has 178 valence electrons. The summed E-state index contributed by atoms with van der Waals surface area (Å²) in [4.78, 5) is 28.1. The number of Topliss-reactive ketones (excluding diaryl/α,β-unsaturated/α-hetero) is 1. The summed E-state index contributed by atoms with van der Waals surface area (Å²) in [7, 11) is 1.55. The molecular weight excluding hydrogens is 446 g/mol. The Hall–Kier alpha value is -4.26. The molecule has 1 amide bonds. The van der Waals surface area contributed by atoms with Gasteiger partial charge < -0.3 is 19.3 Å².